The minimum absolute atomic E-state index is 0.0356. The number of nitrogens with one attached hydrogen (secondary N) is 1. The Kier molecular flexibility index (Phi) is 9.59. The summed E-state index contributed by atoms with van der Waals surface area (Å²) >= 11 is 1.59. The van der Waals surface area contributed by atoms with Gasteiger partial charge in [0.1, 0.15) is 0 Å². The maximum absolute atomic E-state index is 14.2. The number of hydrogen-bond donors (Lipinski definition) is 2. The SMILES string of the molecule is C[C@H](NC(=O)c1c(CN2CCN(CC(=O)N3CCC[C@@H]3CO)C(=O)C2)c(-c2cccs2)nc2ccccc12)C1CCCCC1. The van der Waals surface area contributed by atoms with Crippen LogP contribution in [0.5, 0.6) is 0 Å². The van der Waals surface area contributed by atoms with Crippen LogP contribution in [0.2, 0.25) is 0 Å². The fraction of sp³-hybridized carbons (Fsp3) is 0.529. The van der Waals surface area contributed by atoms with E-state index < -0.39 is 0 Å². The first-order valence-corrected chi connectivity index (χ1v) is 17.0. The molecular formula is C34H43N5O4S. The molecule has 2 aliphatic heterocycles. The fourth-order valence-corrected chi connectivity index (χ4v) is 7.95. The molecule has 1 aliphatic carbocycles. The van der Waals surface area contributed by atoms with Gasteiger partial charge in [-0.05, 0) is 56.0 Å². The second-order valence-electron chi connectivity index (χ2n) is 12.6. The van der Waals surface area contributed by atoms with Crippen molar-refractivity contribution in [2.75, 3.05) is 39.3 Å². The monoisotopic (exact) mass is 617 g/mol. The molecule has 6 rings (SSSR count). The molecule has 10 heteroatoms. The number of amides is 3. The summed E-state index contributed by atoms with van der Waals surface area (Å²) in [5, 5.41) is 15.8. The zero-order valence-corrected chi connectivity index (χ0v) is 26.4. The molecule has 1 aromatic carbocycles. The lowest BCUT2D eigenvalue weighted by Crippen LogP contribution is -2.53. The van der Waals surface area contributed by atoms with Crippen LogP contribution in [0.25, 0.3) is 21.5 Å². The lowest BCUT2D eigenvalue weighted by atomic mass is 9.84. The summed E-state index contributed by atoms with van der Waals surface area (Å²) in [7, 11) is 0. The number of fused-ring (bicyclic) bond motifs is 1. The summed E-state index contributed by atoms with van der Waals surface area (Å²) in [4.78, 5) is 52.0. The maximum Gasteiger partial charge on any atom is 0.252 e. The van der Waals surface area contributed by atoms with E-state index in [1.165, 1.54) is 19.3 Å². The van der Waals surface area contributed by atoms with E-state index in [4.69, 9.17) is 4.98 Å². The van der Waals surface area contributed by atoms with Gasteiger partial charge >= 0.3 is 0 Å². The molecule has 2 aromatic heterocycles. The number of piperazine rings is 1. The predicted octanol–water partition coefficient (Wildman–Crippen LogP) is 4.29. The first-order valence-electron chi connectivity index (χ1n) is 16.1. The van der Waals surface area contributed by atoms with Crippen molar-refractivity contribution >= 4 is 40.0 Å². The van der Waals surface area contributed by atoms with Gasteiger partial charge in [0.05, 0.1) is 47.4 Å². The first-order chi connectivity index (χ1) is 21.4. The van der Waals surface area contributed by atoms with E-state index in [-0.39, 0.29) is 49.5 Å². The summed E-state index contributed by atoms with van der Waals surface area (Å²) in [5.74, 6) is 0.178. The topological polar surface area (TPSA) is 106 Å². The lowest BCUT2D eigenvalue weighted by Gasteiger charge is -2.36. The van der Waals surface area contributed by atoms with E-state index in [1.807, 2.05) is 41.8 Å². The Morgan fingerprint density at radius 1 is 1.05 bits per heavy atom. The van der Waals surface area contributed by atoms with Crippen LogP contribution in [0, 0.1) is 5.92 Å². The Bertz CT molecular complexity index is 1490. The van der Waals surface area contributed by atoms with Crippen LogP contribution in [0.1, 0.15) is 67.8 Å². The molecule has 3 fully saturated rings. The molecule has 3 aromatic rings. The van der Waals surface area contributed by atoms with Crippen molar-refractivity contribution in [3.8, 4) is 10.6 Å². The quantitative estimate of drug-likeness (QED) is 0.371. The predicted molar refractivity (Wildman–Crippen MR) is 172 cm³/mol. The number of benzene rings is 1. The highest BCUT2D eigenvalue weighted by Gasteiger charge is 2.33. The smallest absolute Gasteiger partial charge is 0.252 e. The summed E-state index contributed by atoms with van der Waals surface area (Å²) in [5.41, 5.74) is 3.02. The second kappa shape index (κ2) is 13.7. The zero-order valence-electron chi connectivity index (χ0n) is 25.5. The standard InChI is InChI=1S/C34H43N5O4S/c1-23(24-9-3-2-4-10-24)35-34(43)32-26-12-5-6-13-28(26)36-33(29-14-8-18-44-29)27(32)19-37-16-17-38(30(41)20-37)21-31(42)39-15-7-11-25(39)22-40/h5-6,8,12-14,18,23-25,40H,2-4,7,9-11,15-17,19-22H2,1H3,(H,35,43)/t23-,25+/m0/s1. The van der Waals surface area contributed by atoms with Crippen molar-refractivity contribution in [2.24, 2.45) is 5.92 Å². The molecule has 2 atom stereocenters. The van der Waals surface area contributed by atoms with Gasteiger partial charge in [-0.15, -0.1) is 11.3 Å². The first kappa shape index (κ1) is 30.7. The van der Waals surface area contributed by atoms with E-state index in [0.717, 1.165) is 52.7 Å². The number of aliphatic hydroxyl groups excluding tert-OH is 1. The number of aliphatic hydroxyl groups is 1. The van der Waals surface area contributed by atoms with Gasteiger partial charge in [-0.3, -0.25) is 19.3 Å². The largest absolute Gasteiger partial charge is 0.394 e. The fourth-order valence-electron chi connectivity index (χ4n) is 7.20. The minimum atomic E-state index is -0.152. The van der Waals surface area contributed by atoms with Crippen LogP contribution in [0.15, 0.2) is 41.8 Å². The van der Waals surface area contributed by atoms with Crippen molar-refractivity contribution in [1.82, 2.24) is 25.0 Å². The number of thiophene rings is 1. The van der Waals surface area contributed by atoms with E-state index in [1.54, 1.807) is 21.1 Å². The summed E-state index contributed by atoms with van der Waals surface area (Å²) in [6.07, 6.45) is 7.64. The van der Waals surface area contributed by atoms with E-state index in [0.29, 0.717) is 37.7 Å². The second-order valence-corrected chi connectivity index (χ2v) is 13.5. The highest BCUT2D eigenvalue weighted by atomic mass is 32.1. The molecule has 0 unspecified atom stereocenters. The van der Waals surface area contributed by atoms with Gasteiger partial charge in [-0.25, -0.2) is 4.98 Å². The van der Waals surface area contributed by atoms with Gasteiger partial charge in [-0.2, -0.15) is 0 Å². The van der Waals surface area contributed by atoms with Crippen LogP contribution >= 0.6 is 11.3 Å². The number of carbonyl (C=O) groups is 3. The van der Waals surface area contributed by atoms with Crippen LogP contribution in [-0.4, -0.2) is 93.9 Å². The van der Waals surface area contributed by atoms with Gasteiger partial charge < -0.3 is 20.2 Å². The van der Waals surface area contributed by atoms with Gasteiger partial charge in [0.2, 0.25) is 11.8 Å². The van der Waals surface area contributed by atoms with Crippen LogP contribution in [0.4, 0.5) is 0 Å². The number of hydrogen-bond acceptors (Lipinski definition) is 7. The molecule has 3 aliphatic rings. The average molecular weight is 618 g/mol. The van der Waals surface area contributed by atoms with E-state index in [9.17, 15) is 19.5 Å². The molecule has 234 valence electrons. The Hall–Kier alpha value is -3.34. The molecule has 0 spiro atoms. The molecular weight excluding hydrogens is 574 g/mol. The average Bonchev–Trinajstić information content (AvgIpc) is 3.75. The van der Waals surface area contributed by atoms with Crippen molar-refractivity contribution in [3.05, 3.63) is 52.9 Å². The van der Waals surface area contributed by atoms with Crippen LogP contribution in [0.3, 0.4) is 0 Å². The Morgan fingerprint density at radius 3 is 2.61 bits per heavy atom. The Balaban J connectivity index is 1.26. The lowest BCUT2D eigenvalue weighted by molar-refractivity contribution is -0.144. The van der Waals surface area contributed by atoms with E-state index >= 15 is 0 Å². The van der Waals surface area contributed by atoms with Crippen molar-refractivity contribution in [2.45, 2.75) is 70.5 Å². The molecule has 3 amide bonds. The number of aromatic nitrogens is 1. The summed E-state index contributed by atoms with van der Waals surface area (Å²) in [6.45, 7) is 4.31. The summed E-state index contributed by atoms with van der Waals surface area (Å²) < 4.78 is 0. The molecule has 44 heavy (non-hydrogen) atoms. The molecule has 1 saturated carbocycles. The third kappa shape index (κ3) is 6.53. The van der Waals surface area contributed by atoms with Crippen molar-refractivity contribution < 1.29 is 19.5 Å². The number of likely N-dealkylation sites (tertiary alicyclic amines) is 1. The Labute approximate surface area is 263 Å². The number of rotatable bonds is 9. The van der Waals surface area contributed by atoms with Crippen molar-refractivity contribution in [3.63, 3.8) is 0 Å². The number of carbonyl (C=O) groups excluding carboxylic acids is 3. The number of nitrogens with zero attached hydrogens (tertiary/aromatic N) is 4. The third-order valence-corrected chi connectivity index (χ3v) is 10.6. The molecule has 2 N–H and O–H groups in total. The molecule has 0 bridgehead atoms. The van der Waals surface area contributed by atoms with Gasteiger partial charge in [0.15, 0.2) is 0 Å². The van der Waals surface area contributed by atoms with Gasteiger partial charge in [0, 0.05) is 43.2 Å². The maximum atomic E-state index is 14.2. The normalized spacial score (nSPS) is 20.8. The summed E-state index contributed by atoms with van der Waals surface area (Å²) in [6, 6.07) is 11.8. The highest BCUT2D eigenvalue weighted by Crippen LogP contribution is 2.34. The van der Waals surface area contributed by atoms with Crippen LogP contribution in [-0.2, 0) is 16.1 Å². The van der Waals surface area contributed by atoms with Gasteiger partial charge in [0.25, 0.3) is 5.91 Å². The molecule has 9 nitrogen and oxygen atoms in total. The molecule has 0 radical (unpaired) electrons. The number of pyridine rings is 1. The Morgan fingerprint density at radius 2 is 1.86 bits per heavy atom. The van der Waals surface area contributed by atoms with Crippen LogP contribution < -0.4 is 5.32 Å². The third-order valence-electron chi connectivity index (χ3n) is 9.70. The van der Waals surface area contributed by atoms with Gasteiger partial charge in [-0.1, -0.05) is 43.5 Å². The van der Waals surface area contributed by atoms with E-state index in [2.05, 4.69) is 17.1 Å². The molecule has 2 saturated heterocycles. The highest BCUT2D eigenvalue weighted by molar-refractivity contribution is 7.13. The van der Waals surface area contributed by atoms with Crippen molar-refractivity contribution in [1.29, 1.82) is 0 Å². The molecule has 4 heterocycles. The number of para-hydroxylation sites is 1. The minimum Gasteiger partial charge on any atom is -0.394 e. The zero-order chi connectivity index (χ0) is 30.6.